The highest BCUT2D eigenvalue weighted by atomic mass is 16.1. The summed E-state index contributed by atoms with van der Waals surface area (Å²) in [7, 11) is 0. The molecule has 0 spiro atoms. The molecule has 0 saturated carbocycles. The van der Waals surface area contributed by atoms with E-state index in [2.05, 4.69) is 11.4 Å². The van der Waals surface area contributed by atoms with Crippen LogP contribution in [0.2, 0.25) is 0 Å². The van der Waals surface area contributed by atoms with E-state index >= 15 is 0 Å². The number of amides is 1. The molecule has 1 amide bonds. The Balaban J connectivity index is 2.11. The second-order valence-corrected chi connectivity index (χ2v) is 4.60. The van der Waals surface area contributed by atoms with Crippen molar-refractivity contribution in [2.24, 2.45) is 0 Å². The number of nitriles is 1. The third kappa shape index (κ3) is 3.71. The Morgan fingerprint density at radius 2 is 1.95 bits per heavy atom. The topological polar surface area (TPSA) is 78.9 Å². The van der Waals surface area contributed by atoms with Crippen molar-refractivity contribution in [1.29, 1.82) is 5.26 Å². The number of nitrogens with one attached hydrogen (secondary N) is 1. The predicted molar refractivity (Wildman–Crippen MR) is 84.4 cm³/mol. The summed E-state index contributed by atoms with van der Waals surface area (Å²) in [5.74, 6) is -0.283. The number of nitrogens with two attached hydrogens (primary N) is 1. The zero-order valence-corrected chi connectivity index (χ0v) is 11.6. The number of carbonyl (C=O) groups excluding carboxylic acids is 1. The smallest absolute Gasteiger partial charge is 0.248 e. The van der Waals surface area contributed by atoms with Gasteiger partial charge in [0.15, 0.2) is 0 Å². The average Bonchev–Trinajstić information content (AvgIpc) is 2.47. The second-order valence-electron chi connectivity index (χ2n) is 4.60. The van der Waals surface area contributed by atoms with Crippen LogP contribution in [0.15, 0.2) is 48.5 Å². The molecule has 0 aromatic heterocycles. The van der Waals surface area contributed by atoms with Crippen molar-refractivity contribution in [2.75, 3.05) is 11.1 Å². The number of nitrogen functional groups attached to an aromatic ring is 1. The highest BCUT2D eigenvalue weighted by molar-refractivity contribution is 6.02. The Morgan fingerprint density at radius 1 is 1.24 bits per heavy atom. The van der Waals surface area contributed by atoms with Crippen molar-refractivity contribution in [3.05, 3.63) is 65.2 Å². The first kappa shape index (κ1) is 14.4. The van der Waals surface area contributed by atoms with Crippen molar-refractivity contribution in [3.63, 3.8) is 0 Å². The minimum atomic E-state index is -0.283. The monoisotopic (exact) mass is 277 g/mol. The van der Waals surface area contributed by atoms with Gasteiger partial charge in [-0.15, -0.1) is 0 Å². The molecule has 0 fully saturated rings. The van der Waals surface area contributed by atoms with Gasteiger partial charge in [0.25, 0.3) is 0 Å². The van der Waals surface area contributed by atoms with Crippen molar-refractivity contribution in [2.45, 2.75) is 6.92 Å². The van der Waals surface area contributed by atoms with Crippen LogP contribution in [0.25, 0.3) is 6.08 Å². The van der Waals surface area contributed by atoms with E-state index in [0.717, 1.165) is 11.1 Å². The van der Waals surface area contributed by atoms with E-state index in [4.69, 9.17) is 11.0 Å². The third-order valence-corrected chi connectivity index (χ3v) is 3.01. The maximum atomic E-state index is 11.9. The molecule has 0 aliphatic heterocycles. The molecule has 0 bridgehead atoms. The molecule has 0 saturated heterocycles. The number of hydrogen-bond donors (Lipinski definition) is 2. The lowest BCUT2D eigenvalue weighted by atomic mass is 10.1. The summed E-state index contributed by atoms with van der Waals surface area (Å²) < 4.78 is 0. The van der Waals surface area contributed by atoms with Crippen molar-refractivity contribution >= 4 is 23.4 Å². The van der Waals surface area contributed by atoms with Crippen LogP contribution in [0.3, 0.4) is 0 Å². The number of carbonyl (C=O) groups is 1. The van der Waals surface area contributed by atoms with Crippen molar-refractivity contribution < 1.29 is 4.79 Å². The van der Waals surface area contributed by atoms with Crippen LogP contribution in [0, 0.1) is 18.3 Å². The lowest BCUT2D eigenvalue weighted by Crippen LogP contribution is -2.09. The van der Waals surface area contributed by atoms with Gasteiger partial charge in [-0.2, -0.15) is 5.26 Å². The summed E-state index contributed by atoms with van der Waals surface area (Å²) in [6, 6.07) is 14.6. The number of anilines is 2. The maximum absolute atomic E-state index is 11.9. The molecule has 4 nitrogen and oxygen atoms in total. The van der Waals surface area contributed by atoms with E-state index in [1.807, 2.05) is 25.1 Å². The van der Waals surface area contributed by atoms with Crippen LogP contribution in [0.5, 0.6) is 0 Å². The molecule has 4 heteroatoms. The first-order chi connectivity index (χ1) is 10.1. The van der Waals surface area contributed by atoms with Gasteiger partial charge in [0.2, 0.25) is 5.91 Å². The molecule has 2 aromatic carbocycles. The van der Waals surface area contributed by atoms with Gasteiger partial charge in [0, 0.05) is 11.8 Å². The summed E-state index contributed by atoms with van der Waals surface area (Å²) in [4.78, 5) is 11.9. The van der Waals surface area contributed by atoms with Crippen LogP contribution >= 0.6 is 0 Å². The minimum Gasteiger partial charge on any atom is -0.399 e. The van der Waals surface area contributed by atoms with Gasteiger partial charge < -0.3 is 11.1 Å². The van der Waals surface area contributed by atoms with Crippen LogP contribution < -0.4 is 11.1 Å². The summed E-state index contributed by atoms with van der Waals surface area (Å²) in [6.45, 7) is 1.83. The standard InChI is InChI=1S/C17H15N3O/c1-12-3-2-4-16(15(12)11-18)20-17(21)10-7-13-5-8-14(19)9-6-13/h2-10H,19H2,1H3,(H,20,21)/b10-7+. The fourth-order valence-corrected chi connectivity index (χ4v) is 1.87. The Morgan fingerprint density at radius 3 is 2.62 bits per heavy atom. The van der Waals surface area contributed by atoms with Crippen LogP contribution in [0.4, 0.5) is 11.4 Å². The van der Waals surface area contributed by atoms with E-state index in [1.54, 1.807) is 30.3 Å². The fraction of sp³-hybridized carbons (Fsp3) is 0.0588. The molecule has 0 unspecified atom stereocenters. The molecule has 0 aliphatic carbocycles. The normalized spacial score (nSPS) is 10.3. The Hall–Kier alpha value is -3.06. The molecule has 2 rings (SSSR count). The summed E-state index contributed by atoms with van der Waals surface area (Å²) in [5, 5.41) is 11.8. The molecule has 104 valence electrons. The molecule has 0 aliphatic rings. The lowest BCUT2D eigenvalue weighted by molar-refractivity contribution is -0.111. The SMILES string of the molecule is Cc1cccc(NC(=O)/C=C/c2ccc(N)cc2)c1C#N. The molecule has 2 aromatic rings. The zero-order valence-electron chi connectivity index (χ0n) is 11.6. The van der Waals surface area contributed by atoms with E-state index in [0.29, 0.717) is 16.9 Å². The highest BCUT2D eigenvalue weighted by Crippen LogP contribution is 2.18. The van der Waals surface area contributed by atoms with Gasteiger partial charge >= 0.3 is 0 Å². The van der Waals surface area contributed by atoms with E-state index in [-0.39, 0.29) is 5.91 Å². The Kier molecular flexibility index (Phi) is 4.37. The molecule has 0 atom stereocenters. The fourth-order valence-electron chi connectivity index (χ4n) is 1.87. The van der Waals surface area contributed by atoms with Gasteiger partial charge in [-0.3, -0.25) is 4.79 Å². The van der Waals surface area contributed by atoms with Gasteiger partial charge in [-0.05, 0) is 42.3 Å². The number of hydrogen-bond acceptors (Lipinski definition) is 3. The highest BCUT2D eigenvalue weighted by Gasteiger charge is 2.06. The Labute approximate surface area is 123 Å². The molecule has 21 heavy (non-hydrogen) atoms. The van der Waals surface area contributed by atoms with E-state index in [1.165, 1.54) is 6.08 Å². The molecule has 0 radical (unpaired) electrons. The zero-order chi connectivity index (χ0) is 15.2. The second kappa shape index (κ2) is 6.40. The molecule has 0 heterocycles. The average molecular weight is 277 g/mol. The van der Waals surface area contributed by atoms with Gasteiger partial charge in [-0.1, -0.05) is 24.3 Å². The number of aryl methyl sites for hydroxylation is 1. The maximum Gasteiger partial charge on any atom is 0.248 e. The lowest BCUT2D eigenvalue weighted by Gasteiger charge is -2.06. The third-order valence-electron chi connectivity index (χ3n) is 3.01. The van der Waals surface area contributed by atoms with Gasteiger partial charge in [0.05, 0.1) is 11.3 Å². The van der Waals surface area contributed by atoms with Gasteiger partial charge in [-0.25, -0.2) is 0 Å². The quantitative estimate of drug-likeness (QED) is 0.668. The Bertz CT molecular complexity index is 725. The van der Waals surface area contributed by atoms with Crippen LogP contribution in [0.1, 0.15) is 16.7 Å². The number of rotatable bonds is 3. The minimum absolute atomic E-state index is 0.283. The molecule has 3 N–H and O–H groups in total. The largest absolute Gasteiger partial charge is 0.399 e. The summed E-state index contributed by atoms with van der Waals surface area (Å²) in [6.07, 6.45) is 3.12. The summed E-state index contributed by atoms with van der Waals surface area (Å²) in [5.41, 5.74) is 8.98. The van der Waals surface area contributed by atoms with E-state index < -0.39 is 0 Å². The first-order valence-corrected chi connectivity index (χ1v) is 6.44. The van der Waals surface area contributed by atoms with Crippen molar-refractivity contribution in [1.82, 2.24) is 0 Å². The first-order valence-electron chi connectivity index (χ1n) is 6.44. The number of benzene rings is 2. The molecular formula is C17H15N3O. The van der Waals surface area contributed by atoms with Crippen LogP contribution in [-0.2, 0) is 4.79 Å². The van der Waals surface area contributed by atoms with Gasteiger partial charge in [0.1, 0.15) is 6.07 Å². The number of nitrogens with zero attached hydrogens (tertiary/aromatic N) is 1. The predicted octanol–water partition coefficient (Wildman–Crippen LogP) is 3.10. The van der Waals surface area contributed by atoms with Crippen LogP contribution in [-0.4, -0.2) is 5.91 Å². The van der Waals surface area contributed by atoms with E-state index in [9.17, 15) is 4.79 Å². The summed E-state index contributed by atoms with van der Waals surface area (Å²) >= 11 is 0. The van der Waals surface area contributed by atoms with Crippen molar-refractivity contribution in [3.8, 4) is 6.07 Å². The molecular weight excluding hydrogens is 262 g/mol.